The van der Waals surface area contributed by atoms with E-state index in [1.807, 2.05) is 19.9 Å². The molecular formula is C16H25NO2. The number of hydrogen-bond donors (Lipinski definition) is 1. The molecule has 0 saturated carbocycles. The van der Waals surface area contributed by atoms with Crippen LogP contribution in [-0.4, -0.2) is 26.2 Å². The van der Waals surface area contributed by atoms with Crippen LogP contribution in [0.1, 0.15) is 38.7 Å². The Kier molecular flexibility index (Phi) is 6.03. The first-order chi connectivity index (χ1) is 8.97. The Morgan fingerprint density at radius 2 is 1.95 bits per heavy atom. The zero-order valence-corrected chi connectivity index (χ0v) is 12.4. The summed E-state index contributed by atoms with van der Waals surface area (Å²) in [6.45, 7) is 7.55. The van der Waals surface area contributed by atoms with Crippen LogP contribution in [0.3, 0.4) is 0 Å². The minimum absolute atomic E-state index is 0.170. The van der Waals surface area contributed by atoms with Gasteiger partial charge < -0.3 is 10.1 Å². The van der Waals surface area contributed by atoms with Gasteiger partial charge in [0.05, 0.1) is 12.5 Å². The van der Waals surface area contributed by atoms with E-state index in [4.69, 9.17) is 4.74 Å². The van der Waals surface area contributed by atoms with E-state index in [-0.39, 0.29) is 5.97 Å². The third kappa shape index (κ3) is 5.03. The highest BCUT2D eigenvalue weighted by atomic mass is 16.5. The normalized spacial score (nSPS) is 13.1. The van der Waals surface area contributed by atoms with Crippen molar-refractivity contribution in [3.05, 3.63) is 35.9 Å². The standard InChI is InChI=1S/C16H25NO2/c1-13(14-8-6-5-7-9-14)10-11-17-12-16(2,3)15(18)19-4/h5-9,13,17H,10-12H2,1-4H3. The molecule has 0 fully saturated rings. The van der Waals surface area contributed by atoms with Gasteiger partial charge in [-0.3, -0.25) is 4.79 Å². The molecule has 1 aromatic carbocycles. The third-order valence-corrected chi connectivity index (χ3v) is 3.43. The summed E-state index contributed by atoms with van der Waals surface area (Å²) in [5.41, 5.74) is 0.890. The molecule has 0 aromatic heterocycles. The molecule has 0 spiro atoms. The summed E-state index contributed by atoms with van der Waals surface area (Å²) in [4.78, 5) is 11.5. The van der Waals surface area contributed by atoms with Crippen LogP contribution in [0.4, 0.5) is 0 Å². The highest BCUT2D eigenvalue weighted by molar-refractivity contribution is 5.76. The van der Waals surface area contributed by atoms with Gasteiger partial charge in [0.1, 0.15) is 0 Å². The number of hydrogen-bond acceptors (Lipinski definition) is 3. The van der Waals surface area contributed by atoms with Gasteiger partial charge >= 0.3 is 5.97 Å². The van der Waals surface area contributed by atoms with Gasteiger partial charge in [-0.2, -0.15) is 0 Å². The van der Waals surface area contributed by atoms with Crippen LogP contribution in [-0.2, 0) is 9.53 Å². The van der Waals surface area contributed by atoms with Crippen molar-refractivity contribution in [1.29, 1.82) is 0 Å². The number of carbonyl (C=O) groups is 1. The molecule has 1 atom stereocenters. The number of benzene rings is 1. The van der Waals surface area contributed by atoms with E-state index in [1.165, 1.54) is 12.7 Å². The van der Waals surface area contributed by atoms with E-state index in [0.717, 1.165) is 13.0 Å². The second kappa shape index (κ2) is 7.29. The fraction of sp³-hybridized carbons (Fsp3) is 0.562. The number of methoxy groups -OCH3 is 1. The molecule has 0 amide bonds. The number of rotatable bonds is 7. The van der Waals surface area contributed by atoms with Crippen LogP contribution in [0.15, 0.2) is 30.3 Å². The Balaban J connectivity index is 2.30. The molecule has 0 heterocycles. The quantitative estimate of drug-likeness (QED) is 0.607. The number of ether oxygens (including phenoxy) is 1. The summed E-state index contributed by atoms with van der Waals surface area (Å²) < 4.78 is 4.78. The fourth-order valence-corrected chi connectivity index (χ4v) is 2.02. The number of nitrogens with one attached hydrogen (secondary N) is 1. The smallest absolute Gasteiger partial charge is 0.312 e. The Morgan fingerprint density at radius 1 is 1.32 bits per heavy atom. The summed E-state index contributed by atoms with van der Waals surface area (Å²) in [7, 11) is 1.43. The van der Waals surface area contributed by atoms with Gasteiger partial charge in [0, 0.05) is 6.54 Å². The average molecular weight is 263 g/mol. The van der Waals surface area contributed by atoms with E-state index < -0.39 is 5.41 Å². The maximum Gasteiger partial charge on any atom is 0.312 e. The van der Waals surface area contributed by atoms with Crippen molar-refractivity contribution < 1.29 is 9.53 Å². The predicted molar refractivity (Wildman–Crippen MR) is 78.1 cm³/mol. The van der Waals surface area contributed by atoms with Crippen LogP contribution in [0.25, 0.3) is 0 Å². The number of esters is 1. The first kappa shape index (κ1) is 15.7. The molecule has 0 radical (unpaired) electrons. The molecule has 3 heteroatoms. The van der Waals surface area contributed by atoms with Crippen molar-refractivity contribution >= 4 is 5.97 Å². The molecule has 3 nitrogen and oxygen atoms in total. The van der Waals surface area contributed by atoms with Crippen molar-refractivity contribution in [2.24, 2.45) is 5.41 Å². The molecule has 0 saturated heterocycles. The monoisotopic (exact) mass is 263 g/mol. The van der Waals surface area contributed by atoms with Gasteiger partial charge in [-0.1, -0.05) is 37.3 Å². The second-order valence-electron chi connectivity index (χ2n) is 5.65. The Labute approximate surface area is 116 Å². The van der Waals surface area contributed by atoms with Gasteiger partial charge in [-0.15, -0.1) is 0 Å². The van der Waals surface area contributed by atoms with Gasteiger partial charge in [-0.25, -0.2) is 0 Å². The van der Waals surface area contributed by atoms with Gasteiger partial charge in [-0.05, 0) is 38.3 Å². The van der Waals surface area contributed by atoms with E-state index >= 15 is 0 Å². The Hall–Kier alpha value is -1.35. The minimum atomic E-state index is -0.468. The molecule has 1 rings (SSSR count). The van der Waals surface area contributed by atoms with Crippen LogP contribution in [0.5, 0.6) is 0 Å². The second-order valence-corrected chi connectivity index (χ2v) is 5.65. The molecule has 0 aliphatic heterocycles. The molecule has 1 aromatic rings. The molecule has 106 valence electrons. The van der Waals surface area contributed by atoms with Crippen LogP contribution >= 0.6 is 0 Å². The van der Waals surface area contributed by atoms with E-state index in [2.05, 4.69) is 36.5 Å². The van der Waals surface area contributed by atoms with Crippen LogP contribution in [0.2, 0.25) is 0 Å². The number of carbonyl (C=O) groups excluding carboxylic acids is 1. The van der Waals surface area contributed by atoms with Gasteiger partial charge in [0.25, 0.3) is 0 Å². The molecule has 0 aliphatic rings. The van der Waals surface area contributed by atoms with E-state index in [9.17, 15) is 4.79 Å². The van der Waals surface area contributed by atoms with Gasteiger partial charge in [0.2, 0.25) is 0 Å². The first-order valence-corrected chi connectivity index (χ1v) is 6.81. The lowest BCUT2D eigenvalue weighted by Gasteiger charge is -2.22. The maximum atomic E-state index is 11.5. The third-order valence-electron chi connectivity index (χ3n) is 3.43. The maximum absolute atomic E-state index is 11.5. The summed E-state index contributed by atoms with van der Waals surface area (Å²) in [6, 6.07) is 10.5. The lowest BCUT2D eigenvalue weighted by atomic mass is 9.93. The topological polar surface area (TPSA) is 38.3 Å². The SMILES string of the molecule is COC(=O)C(C)(C)CNCCC(C)c1ccccc1. The lowest BCUT2D eigenvalue weighted by molar-refractivity contribution is -0.150. The van der Waals surface area contributed by atoms with Crippen LogP contribution in [0, 0.1) is 5.41 Å². The van der Waals surface area contributed by atoms with E-state index in [1.54, 1.807) is 0 Å². The van der Waals surface area contributed by atoms with E-state index in [0.29, 0.717) is 12.5 Å². The summed E-state index contributed by atoms with van der Waals surface area (Å²) in [6.07, 6.45) is 1.06. The zero-order valence-electron chi connectivity index (χ0n) is 12.4. The predicted octanol–water partition coefficient (Wildman–Crippen LogP) is 2.97. The molecule has 1 N–H and O–H groups in total. The summed E-state index contributed by atoms with van der Waals surface area (Å²) in [5, 5.41) is 3.34. The highest BCUT2D eigenvalue weighted by Gasteiger charge is 2.27. The Bertz CT molecular complexity index is 387. The van der Waals surface area contributed by atoms with Gasteiger partial charge in [0.15, 0.2) is 0 Å². The molecule has 0 aliphatic carbocycles. The molecule has 0 bridgehead atoms. The zero-order chi connectivity index (χ0) is 14.3. The highest BCUT2D eigenvalue weighted by Crippen LogP contribution is 2.18. The lowest BCUT2D eigenvalue weighted by Crippen LogP contribution is -2.37. The largest absolute Gasteiger partial charge is 0.469 e. The summed E-state index contributed by atoms with van der Waals surface area (Å²) >= 11 is 0. The average Bonchev–Trinajstić information content (AvgIpc) is 2.43. The first-order valence-electron chi connectivity index (χ1n) is 6.81. The van der Waals surface area contributed by atoms with Crippen LogP contribution < -0.4 is 5.32 Å². The minimum Gasteiger partial charge on any atom is -0.469 e. The van der Waals surface area contributed by atoms with Crippen molar-refractivity contribution in [1.82, 2.24) is 5.32 Å². The van der Waals surface area contributed by atoms with Crippen molar-refractivity contribution in [2.75, 3.05) is 20.2 Å². The molecular weight excluding hydrogens is 238 g/mol. The van der Waals surface area contributed by atoms with Crippen molar-refractivity contribution in [3.63, 3.8) is 0 Å². The Morgan fingerprint density at radius 3 is 2.53 bits per heavy atom. The van der Waals surface area contributed by atoms with Crippen molar-refractivity contribution in [2.45, 2.75) is 33.1 Å². The molecule has 19 heavy (non-hydrogen) atoms. The molecule has 1 unspecified atom stereocenters. The fourth-order valence-electron chi connectivity index (χ4n) is 2.02. The summed E-state index contributed by atoms with van der Waals surface area (Å²) in [5.74, 6) is 0.353. The van der Waals surface area contributed by atoms with Crippen molar-refractivity contribution in [3.8, 4) is 0 Å².